The third kappa shape index (κ3) is 3.55. The Morgan fingerprint density at radius 1 is 1.41 bits per heavy atom. The Labute approximate surface area is 195 Å². The zero-order valence-corrected chi connectivity index (χ0v) is 19.8. The minimum Gasteiger partial charge on any atom is -0.543 e. The topological polar surface area (TPSA) is 98.0 Å². The van der Waals surface area contributed by atoms with Gasteiger partial charge in [-0.1, -0.05) is 13.0 Å². The van der Waals surface area contributed by atoms with Crippen LogP contribution < -0.4 is 34.7 Å². The summed E-state index contributed by atoms with van der Waals surface area (Å²) in [6, 6.07) is 5.54. The van der Waals surface area contributed by atoms with Gasteiger partial charge in [0.15, 0.2) is 0 Å². The van der Waals surface area contributed by atoms with E-state index < -0.39 is 18.0 Å². The Balaban J connectivity index is 0.00000240. The van der Waals surface area contributed by atoms with Gasteiger partial charge in [-0.2, -0.15) is 0 Å². The fraction of sp³-hybridized carbons (Fsp3) is 0.450. The standard InChI is InChI=1S/C20H23N3O4S.Na/c1-10-16-15(12(3)24)19(25)23(16)17(20(26)27)18(10)28-9-7-13-11(2)22-8-5-4-6-14(22)21-13;/h4-6,8,10,12,15-16,24H,7,9H2,1-3H3,(H,26,27);/q;+1/p-1/t10-,12-,15-,16-;/m1./s1. The monoisotopic (exact) mass is 423 g/mol. The number of aliphatic hydroxyl groups excluding tert-OH is 1. The van der Waals surface area contributed by atoms with Crippen LogP contribution in [0.1, 0.15) is 25.2 Å². The number of aromatic nitrogens is 2. The molecule has 0 aromatic carbocycles. The number of carboxylic acid groups (broad SMARTS) is 1. The number of nitrogens with zero attached hydrogens (tertiary/aromatic N) is 3. The van der Waals surface area contributed by atoms with Crippen LogP contribution >= 0.6 is 11.8 Å². The van der Waals surface area contributed by atoms with E-state index in [2.05, 4.69) is 4.98 Å². The first-order valence-electron chi connectivity index (χ1n) is 9.35. The number of aliphatic hydroxyl groups is 1. The number of pyridine rings is 1. The van der Waals surface area contributed by atoms with Crippen LogP contribution in [-0.2, 0) is 16.0 Å². The number of aliphatic carboxylic acids is 1. The van der Waals surface area contributed by atoms with Gasteiger partial charge in [-0.25, -0.2) is 4.98 Å². The maximum Gasteiger partial charge on any atom is 1.00 e. The van der Waals surface area contributed by atoms with Crippen molar-refractivity contribution in [1.29, 1.82) is 0 Å². The molecule has 2 aliphatic rings. The average Bonchev–Trinajstić information content (AvgIpc) is 3.08. The minimum atomic E-state index is -1.34. The van der Waals surface area contributed by atoms with Gasteiger partial charge in [-0.05, 0) is 26.0 Å². The van der Waals surface area contributed by atoms with Crippen molar-refractivity contribution in [1.82, 2.24) is 14.3 Å². The molecule has 0 unspecified atom stereocenters. The van der Waals surface area contributed by atoms with Crippen molar-refractivity contribution in [2.24, 2.45) is 11.8 Å². The van der Waals surface area contributed by atoms with Crippen LogP contribution in [0.25, 0.3) is 5.65 Å². The van der Waals surface area contributed by atoms with Crippen LogP contribution in [0.2, 0.25) is 0 Å². The smallest absolute Gasteiger partial charge is 0.543 e. The molecule has 2 aromatic heterocycles. The number of fused-ring (bicyclic) bond motifs is 2. The van der Waals surface area contributed by atoms with Gasteiger partial charge in [-0.15, -0.1) is 11.8 Å². The fourth-order valence-corrected chi connectivity index (χ4v) is 5.60. The van der Waals surface area contributed by atoms with E-state index >= 15 is 0 Å². The van der Waals surface area contributed by atoms with Crippen LogP contribution in [0.3, 0.4) is 0 Å². The molecule has 0 aliphatic carbocycles. The van der Waals surface area contributed by atoms with Crippen molar-refractivity contribution in [3.05, 3.63) is 46.4 Å². The second-order valence-corrected chi connectivity index (χ2v) is 8.56. The van der Waals surface area contributed by atoms with Crippen molar-refractivity contribution >= 4 is 29.3 Å². The van der Waals surface area contributed by atoms with Crippen molar-refractivity contribution < 1.29 is 49.4 Å². The number of hydrogen-bond acceptors (Lipinski definition) is 6. The molecule has 1 N–H and O–H groups in total. The number of imidazole rings is 1. The maximum absolute atomic E-state index is 12.3. The molecule has 4 atom stereocenters. The van der Waals surface area contributed by atoms with Gasteiger partial charge in [0.25, 0.3) is 0 Å². The maximum atomic E-state index is 12.3. The average molecular weight is 423 g/mol. The van der Waals surface area contributed by atoms with E-state index in [4.69, 9.17) is 0 Å². The number of β-lactam (4-membered cyclic amide) rings is 1. The van der Waals surface area contributed by atoms with Crippen molar-refractivity contribution in [3.8, 4) is 0 Å². The molecule has 7 nitrogen and oxygen atoms in total. The van der Waals surface area contributed by atoms with E-state index in [1.165, 1.54) is 16.7 Å². The molecule has 4 heterocycles. The number of thioether (sulfide) groups is 1. The number of carboxylic acids is 1. The first-order chi connectivity index (χ1) is 13.3. The molecule has 4 rings (SSSR count). The van der Waals surface area contributed by atoms with Crippen LogP contribution in [0.15, 0.2) is 35.0 Å². The summed E-state index contributed by atoms with van der Waals surface area (Å²) in [4.78, 5) is 30.7. The molecule has 0 spiro atoms. The number of hydrogen-bond donors (Lipinski definition) is 1. The summed E-state index contributed by atoms with van der Waals surface area (Å²) in [7, 11) is 0. The Morgan fingerprint density at radius 2 is 2.14 bits per heavy atom. The Bertz CT molecular complexity index is 1000. The summed E-state index contributed by atoms with van der Waals surface area (Å²) in [6.45, 7) is 5.50. The van der Waals surface area contributed by atoms with Crippen LogP contribution in [0, 0.1) is 18.8 Å². The predicted octanol–water partition coefficient (Wildman–Crippen LogP) is -2.26. The number of aryl methyl sites for hydroxylation is 2. The van der Waals surface area contributed by atoms with E-state index in [1.54, 1.807) is 6.92 Å². The molecule has 2 aliphatic heterocycles. The SMILES string of the molecule is Cc1c(CCSC2=C(C(=O)[O-])N3C(=O)[C@H]([C@@H](C)O)[C@H]3[C@H]2C)nc2ccccn12.[Na+]. The number of carbonyl (C=O) groups excluding carboxylic acids is 2. The van der Waals surface area contributed by atoms with Crippen molar-refractivity contribution in [2.75, 3.05) is 5.75 Å². The molecule has 1 saturated heterocycles. The molecule has 0 bridgehead atoms. The summed E-state index contributed by atoms with van der Waals surface area (Å²) in [5.41, 5.74) is 2.90. The molecule has 29 heavy (non-hydrogen) atoms. The van der Waals surface area contributed by atoms with Crippen LogP contribution in [0.4, 0.5) is 0 Å². The fourth-order valence-electron chi connectivity index (χ4n) is 4.37. The van der Waals surface area contributed by atoms with Gasteiger partial charge in [-0.3, -0.25) is 4.79 Å². The van der Waals surface area contributed by atoms with Crippen molar-refractivity contribution in [2.45, 2.75) is 39.3 Å². The van der Waals surface area contributed by atoms with Crippen LogP contribution in [-0.4, -0.2) is 49.2 Å². The molecule has 0 saturated carbocycles. The molecule has 9 heteroatoms. The van der Waals surface area contributed by atoms with E-state index in [0.29, 0.717) is 17.1 Å². The number of carbonyl (C=O) groups is 2. The predicted molar refractivity (Wildman–Crippen MR) is 103 cm³/mol. The van der Waals surface area contributed by atoms with Gasteiger partial charge < -0.3 is 24.3 Å². The Morgan fingerprint density at radius 3 is 2.76 bits per heavy atom. The second-order valence-electron chi connectivity index (χ2n) is 7.43. The summed E-state index contributed by atoms with van der Waals surface area (Å²) in [6.07, 6.45) is 1.86. The number of amides is 1. The Hall–Kier alpha value is -1.32. The summed E-state index contributed by atoms with van der Waals surface area (Å²) in [5, 5.41) is 21.6. The largest absolute Gasteiger partial charge is 1.00 e. The van der Waals surface area contributed by atoms with Crippen LogP contribution in [0.5, 0.6) is 0 Å². The third-order valence-electron chi connectivity index (χ3n) is 5.77. The van der Waals surface area contributed by atoms with Gasteiger partial charge in [0, 0.05) is 34.9 Å². The van der Waals surface area contributed by atoms with E-state index in [-0.39, 0.29) is 53.1 Å². The van der Waals surface area contributed by atoms with Gasteiger partial charge in [0.2, 0.25) is 5.91 Å². The van der Waals surface area contributed by atoms with Gasteiger partial charge in [0.1, 0.15) is 5.65 Å². The summed E-state index contributed by atoms with van der Waals surface area (Å²) in [5.74, 6) is -1.72. The molecule has 1 amide bonds. The van der Waals surface area contributed by atoms with E-state index in [0.717, 1.165) is 17.0 Å². The molecule has 0 radical (unpaired) electrons. The van der Waals surface area contributed by atoms with E-state index in [1.807, 2.05) is 42.6 Å². The summed E-state index contributed by atoms with van der Waals surface area (Å²) >= 11 is 1.44. The quantitative estimate of drug-likeness (QED) is 0.416. The van der Waals surface area contributed by atoms with E-state index in [9.17, 15) is 19.8 Å². The van der Waals surface area contributed by atoms with Gasteiger partial charge >= 0.3 is 29.6 Å². The Kier molecular flexibility index (Phi) is 6.50. The van der Waals surface area contributed by atoms with Gasteiger partial charge in [0.05, 0.1) is 35.4 Å². The second kappa shape index (κ2) is 8.43. The molecule has 1 fully saturated rings. The summed E-state index contributed by atoms with van der Waals surface area (Å²) < 4.78 is 2.03. The number of rotatable bonds is 6. The molecule has 2 aromatic rings. The third-order valence-corrected chi connectivity index (χ3v) is 7.05. The van der Waals surface area contributed by atoms with Crippen molar-refractivity contribution in [3.63, 3.8) is 0 Å². The zero-order chi connectivity index (χ0) is 20.2. The minimum absolute atomic E-state index is 0. The first-order valence-corrected chi connectivity index (χ1v) is 10.3. The first kappa shape index (κ1) is 22.4. The zero-order valence-electron chi connectivity index (χ0n) is 17.0. The molecular formula is C20H22N3NaO4S. The molecule has 148 valence electrons. The normalized spacial score (nSPS) is 24.3. The molecular weight excluding hydrogens is 401 g/mol.